The van der Waals surface area contributed by atoms with Crippen molar-refractivity contribution >= 4 is 56.8 Å². The second-order valence-corrected chi connectivity index (χ2v) is 5.85. The highest BCUT2D eigenvalue weighted by Crippen LogP contribution is 2.44. The van der Waals surface area contributed by atoms with Crippen LogP contribution < -0.4 is 5.32 Å². The van der Waals surface area contributed by atoms with Crippen molar-refractivity contribution in [2.24, 2.45) is 0 Å². The Balaban J connectivity index is 2.50. The Morgan fingerprint density at radius 2 is 1.95 bits per heavy atom. The summed E-state index contributed by atoms with van der Waals surface area (Å²) in [7, 11) is 0. The fourth-order valence-corrected chi connectivity index (χ4v) is 3.00. The topological polar surface area (TPSA) is 69.6 Å². The zero-order valence-electron chi connectivity index (χ0n) is 10.5. The molecule has 110 valence electrons. The molecular formula is C14H10BrCl2NO3. The lowest BCUT2D eigenvalue weighted by molar-refractivity contribution is -0.107. The Labute approximate surface area is 139 Å². The standard InChI is InChI=1S/C14H10BrCl2NO3/c15-9-6-10(16)13(12(17)14(9)21)18-11-5-8(20)2-1-7(11)3-4-19/h1-2,4-6,18,20-21H,3H2. The van der Waals surface area contributed by atoms with E-state index in [2.05, 4.69) is 21.2 Å². The van der Waals surface area contributed by atoms with Gasteiger partial charge in [-0.15, -0.1) is 0 Å². The molecule has 21 heavy (non-hydrogen) atoms. The van der Waals surface area contributed by atoms with Gasteiger partial charge in [0.2, 0.25) is 0 Å². The minimum Gasteiger partial charge on any atom is -0.508 e. The summed E-state index contributed by atoms with van der Waals surface area (Å²) in [4.78, 5) is 10.7. The van der Waals surface area contributed by atoms with E-state index >= 15 is 0 Å². The van der Waals surface area contributed by atoms with Crippen molar-refractivity contribution in [2.75, 3.05) is 5.32 Å². The number of rotatable bonds is 4. The summed E-state index contributed by atoms with van der Waals surface area (Å²) in [5.74, 6) is -0.124. The maximum atomic E-state index is 10.7. The normalized spacial score (nSPS) is 10.4. The summed E-state index contributed by atoms with van der Waals surface area (Å²) in [5, 5.41) is 22.7. The molecule has 0 aliphatic heterocycles. The van der Waals surface area contributed by atoms with E-state index in [9.17, 15) is 15.0 Å². The number of aldehydes is 1. The van der Waals surface area contributed by atoms with E-state index in [4.69, 9.17) is 23.2 Å². The fourth-order valence-electron chi connectivity index (χ4n) is 1.78. The summed E-state index contributed by atoms with van der Waals surface area (Å²) < 4.78 is 0.368. The number of hydrogen-bond donors (Lipinski definition) is 3. The second kappa shape index (κ2) is 6.56. The number of nitrogens with one attached hydrogen (secondary N) is 1. The third-order valence-corrected chi connectivity index (χ3v) is 4.07. The van der Waals surface area contributed by atoms with Gasteiger partial charge in [-0.05, 0) is 33.6 Å². The van der Waals surface area contributed by atoms with Crippen LogP contribution in [0, 0.1) is 0 Å². The van der Waals surface area contributed by atoms with Crippen LogP contribution in [0.15, 0.2) is 28.7 Å². The number of hydrogen-bond acceptors (Lipinski definition) is 4. The largest absolute Gasteiger partial charge is 0.508 e. The molecule has 0 saturated heterocycles. The zero-order valence-corrected chi connectivity index (χ0v) is 13.6. The van der Waals surface area contributed by atoms with Crippen LogP contribution >= 0.6 is 39.1 Å². The molecule has 3 N–H and O–H groups in total. The number of phenolic OH excluding ortho intramolecular Hbond substituents is 2. The fraction of sp³-hybridized carbons (Fsp3) is 0.0714. The molecule has 0 saturated carbocycles. The predicted octanol–water partition coefficient (Wildman–Crippen LogP) is 4.65. The van der Waals surface area contributed by atoms with Crippen LogP contribution in [-0.4, -0.2) is 16.5 Å². The number of carbonyl (C=O) groups is 1. The summed E-state index contributed by atoms with van der Waals surface area (Å²) in [6.07, 6.45) is 0.917. The maximum Gasteiger partial charge on any atom is 0.150 e. The molecule has 7 heteroatoms. The van der Waals surface area contributed by atoms with E-state index < -0.39 is 0 Å². The average Bonchev–Trinajstić information content (AvgIpc) is 2.44. The Morgan fingerprint density at radius 3 is 2.62 bits per heavy atom. The van der Waals surface area contributed by atoms with Gasteiger partial charge >= 0.3 is 0 Å². The van der Waals surface area contributed by atoms with Gasteiger partial charge in [0.25, 0.3) is 0 Å². The third-order valence-electron chi connectivity index (χ3n) is 2.80. The smallest absolute Gasteiger partial charge is 0.150 e. The van der Waals surface area contributed by atoms with Crippen LogP contribution in [0.5, 0.6) is 11.5 Å². The summed E-state index contributed by atoms with van der Waals surface area (Å²) in [6, 6.07) is 6.04. The molecule has 0 atom stereocenters. The number of carbonyl (C=O) groups excluding carboxylic acids is 1. The van der Waals surface area contributed by atoms with Gasteiger partial charge in [-0.1, -0.05) is 29.3 Å². The van der Waals surface area contributed by atoms with Crippen LogP contribution in [0.1, 0.15) is 5.56 Å². The molecule has 2 aromatic carbocycles. The summed E-state index contributed by atoms with van der Waals surface area (Å²) >= 11 is 15.3. The Morgan fingerprint density at radius 1 is 1.24 bits per heavy atom. The molecule has 0 aliphatic rings. The molecule has 0 unspecified atom stereocenters. The van der Waals surface area contributed by atoms with Crippen LogP contribution in [-0.2, 0) is 11.2 Å². The molecule has 0 amide bonds. The monoisotopic (exact) mass is 389 g/mol. The lowest BCUT2D eigenvalue weighted by Gasteiger charge is -2.15. The summed E-state index contributed by atoms with van der Waals surface area (Å²) in [6.45, 7) is 0. The molecule has 0 fully saturated rings. The van der Waals surface area contributed by atoms with Crippen molar-refractivity contribution in [2.45, 2.75) is 6.42 Å². The number of phenols is 2. The molecule has 0 heterocycles. The van der Waals surface area contributed by atoms with E-state index in [1.54, 1.807) is 6.07 Å². The number of anilines is 2. The van der Waals surface area contributed by atoms with Crippen LogP contribution in [0.25, 0.3) is 0 Å². The molecule has 0 spiro atoms. The second-order valence-electron chi connectivity index (χ2n) is 4.22. The molecule has 4 nitrogen and oxygen atoms in total. The van der Waals surface area contributed by atoms with E-state index in [0.29, 0.717) is 15.7 Å². The minimum atomic E-state index is -0.152. The highest BCUT2D eigenvalue weighted by molar-refractivity contribution is 9.10. The molecule has 2 aromatic rings. The molecule has 2 rings (SSSR count). The van der Waals surface area contributed by atoms with Gasteiger partial charge in [0, 0.05) is 18.2 Å². The molecule has 0 radical (unpaired) electrons. The van der Waals surface area contributed by atoms with E-state index in [1.807, 2.05) is 0 Å². The minimum absolute atomic E-state index is 0.0285. The lowest BCUT2D eigenvalue weighted by atomic mass is 10.1. The lowest BCUT2D eigenvalue weighted by Crippen LogP contribution is -1.98. The van der Waals surface area contributed by atoms with Gasteiger partial charge in [0.1, 0.15) is 17.1 Å². The SMILES string of the molecule is O=CCc1ccc(O)cc1Nc1c(Cl)cc(Br)c(O)c1Cl. The first-order valence-corrected chi connectivity index (χ1v) is 7.38. The van der Waals surface area contributed by atoms with Crippen LogP contribution in [0.4, 0.5) is 11.4 Å². The number of halogens is 3. The van der Waals surface area contributed by atoms with Gasteiger partial charge in [-0.2, -0.15) is 0 Å². The first-order valence-electron chi connectivity index (χ1n) is 5.83. The van der Waals surface area contributed by atoms with Gasteiger partial charge in [0.05, 0.1) is 15.2 Å². The van der Waals surface area contributed by atoms with Crippen molar-refractivity contribution in [3.63, 3.8) is 0 Å². The zero-order chi connectivity index (χ0) is 15.6. The maximum absolute atomic E-state index is 10.7. The molecular weight excluding hydrogens is 381 g/mol. The molecule has 0 bridgehead atoms. The Hall–Kier alpha value is -1.43. The summed E-state index contributed by atoms with van der Waals surface area (Å²) in [5.41, 5.74) is 1.43. The van der Waals surface area contributed by atoms with E-state index in [0.717, 1.165) is 6.29 Å². The van der Waals surface area contributed by atoms with Crippen molar-refractivity contribution < 1.29 is 15.0 Å². The Kier molecular flexibility index (Phi) is 4.98. The van der Waals surface area contributed by atoms with Gasteiger partial charge < -0.3 is 20.3 Å². The van der Waals surface area contributed by atoms with Crippen molar-refractivity contribution in [3.05, 3.63) is 44.3 Å². The third kappa shape index (κ3) is 3.43. The molecule has 0 aromatic heterocycles. The number of aromatic hydroxyl groups is 2. The van der Waals surface area contributed by atoms with Crippen molar-refractivity contribution in [1.82, 2.24) is 0 Å². The van der Waals surface area contributed by atoms with Crippen LogP contribution in [0.2, 0.25) is 10.0 Å². The Bertz CT molecular complexity index is 707. The van der Waals surface area contributed by atoms with E-state index in [1.165, 1.54) is 18.2 Å². The van der Waals surface area contributed by atoms with Crippen molar-refractivity contribution in [3.8, 4) is 11.5 Å². The van der Waals surface area contributed by atoms with Gasteiger partial charge in [-0.25, -0.2) is 0 Å². The highest BCUT2D eigenvalue weighted by atomic mass is 79.9. The van der Waals surface area contributed by atoms with Crippen LogP contribution in [0.3, 0.4) is 0 Å². The highest BCUT2D eigenvalue weighted by Gasteiger charge is 2.15. The van der Waals surface area contributed by atoms with E-state index in [-0.39, 0.29) is 33.7 Å². The predicted molar refractivity (Wildman–Crippen MR) is 87.0 cm³/mol. The first-order chi connectivity index (χ1) is 9.93. The molecule has 0 aliphatic carbocycles. The average molecular weight is 391 g/mol. The van der Waals surface area contributed by atoms with Crippen molar-refractivity contribution in [1.29, 1.82) is 0 Å². The first kappa shape index (κ1) is 15.9. The van der Waals surface area contributed by atoms with Gasteiger partial charge in [0.15, 0.2) is 5.75 Å². The van der Waals surface area contributed by atoms with Gasteiger partial charge in [-0.3, -0.25) is 0 Å². The number of benzene rings is 2. The quantitative estimate of drug-likeness (QED) is 0.664.